The Morgan fingerprint density at radius 3 is 2.36 bits per heavy atom. The molecule has 0 aliphatic rings. The highest BCUT2D eigenvalue weighted by Crippen LogP contribution is 2.28. The molecule has 3 aromatic rings. The number of imidazole rings is 1. The first-order valence-corrected chi connectivity index (χ1v) is 8.50. The van der Waals surface area contributed by atoms with Crippen LogP contribution in [0.4, 0.5) is 0 Å². The van der Waals surface area contributed by atoms with Crippen LogP contribution in [-0.2, 0) is 6.54 Å². The Labute approximate surface area is 159 Å². The minimum atomic E-state index is -1.05. The minimum absolute atomic E-state index is 0.112. The molecule has 0 unspecified atom stereocenters. The minimum Gasteiger partial charge on any atom is -0.477 e. The van der Waals surface area contributed by atoms with E-state index in [-0.39, 0.29) is 12.2 Å². The number of aryl methyl sites for hydroxylation is 1. The Kier molecular flexibility index (Phi) is 5.04. The molecule has 0 atom stereocenters. The van der Waals surface area contributed by atoms with Crippen LogP contribution >= 0.6 is 34.8 Å². The van der Waals surface area contributed by atoms with Gasteiger partial charge in [0.05, 0.1) is 12.2 Å². The van der Waals surface area contributed by atoms with Crippen molar-refractivity contribution in [3.63, 3.8) is 0 Å². The summed E-state index contributed by atoms with van der Waals surface area (Å²) in [5.41, 5.74) is 2.01. The number of hydrogen-bond acceptors (Lipinski definition) is 2. The molecule has 4 nitrogen and oxygen atoms in total. The van der Waals surface area contributed by atoms with E-state index >= 15 is 0 Å². The lowest BCUT2D eigenvalue weighted by Gasteiger charge is -2.12. The number of aromatic carboxylic acids is 1. The first-order valence-electron chi connectivity index (χ1n) is 7.37. The quantitative estimate of drug-likeness (QED) is 0.628. The Morgan fingerprint density at radius 1 is 1.08 bits per heavy atom. The van der Waals surface area contributed by atoms with E-state index in [1.54, 1.807) is 54.0 Å². The second-order valence-electron chi connectivity index (χ2n) is 5.50. The summed E-state index contributed by atoms with van der Waals surface area (Å²) >= 11 is 18.2. The number of carboxylic acids is 1. The highest BCUT2D eigenvalue weighted by atomic mass is 35.5. The van der Waals surface area contributed by atoms with Crippen molar-refractivity contribution in [1.82, 2.24) is 9.55 Å². The summed E-state index contributed by atoms with van der Waals surface area (Å²) in [5.74, 6) is -0.522. The highest BCUT2D eigenvalue weighted by molar-refractivity contribution is 6.33. The number of carboxylic acid groups (broad SMARTS) is 1. The second-order valence-corrected chi connectivity index (χ2v) is 6.78. The molecule has 128 valence electrons. The summed E-state index contributed by atoms with van der Waals surface area (Å²) < 4.78 is 1.62. The molecule has 0 radical (unpaired) electrons. The average molecular weight is 396 g/mol. The first-order chi connectivity index (χ1) is 11.9. The van der Waals surface area contributed by atoms with Crippen LogP contribution in [-0.4, -0.2) is 20.6 Å². The maximum absolute atomic E-state index is 11.7. The van der Waals surface area contributed by atoms with E-state index in [0.29, 0.717) is 32.1 Å². The maximum atomic E-state index is 11.7. The topological polar surface area (TPSA) is 55.1 Å². The monoisotopic (exact) mass is 394 g/mol. The van der Waals surface area contributed by atoms with Crippen molar-refractivity contribution in [1.29, 1.82) is 0 Å². The van der Waals surface area contributed by atoms with E-state index in [2.05, 4.69) is 4.98 Å². The molecule has 0 aliphatic carbocycles. The number of hydrogen-bond donors (Lipinski definition) is 1. The van der Waals surface area contributed by atoms with Crippen LogP contribution in [0.5, 0.6) is 0 Å². The zero-order valence-corrected chi connectivity index (χ0v) is 15.4. The van der Waals surface area contributed by atoms with Gasteiger partial charge in [-0.3, -0.25) is 0 Å². The van der Waals surface area contributed by atoms with E-state index in [0.717, 1.165) is 5.56 Å². The Balaban J connectivity index is 2.17. The van der Waals surface area contributed by atoms with Crippen LogP contribution in [0.1, 0.15) is 21.7 Å². The second kappa shape index (κ2) is 7.08. The lowest BCUT2D eigenvalue weighted by Crippen LogP contribution is -2.12. The van der Waals surface area contributed by atoms with Gasteiger partial charge in [0, 0.05) is 20.6 Å². The van der Waals surface area contributed by atoms with E-state index in [4.69, 9.17) is 34.8 Å². The zero-order chi connectivity index (χ0) is 18.1. The molecule has 0 bridgehead atoms. The van der Waals surface area contributed by atoms with Gasteiger partial charge >= 0.3 is 5.97 Å². The number of nitrogens with zero attached hydrogens (tertiary/aromatic N) is 2. The Hall–Kier alpha value is -2.01. The number of halogens is 3. The van der Waals surface area contributed by atoms with Gasteiger partial charge in [0.1, 0.15) is 5.82 Å². The summed E-state index contributed by atoms with van der Waals surface area (Å²) in [6, 6.07) is 12.2. The number of carbonyl (C=O) groups is 1. The van der Waals surface area contributed by atoms with Gasteiger partial charge in [-0.05, 0) is 55.0 Å². The summed E-state index contributed by atoms with van der Waals surface area (Å²) in [6.45, 7) is 1.90. The molecule has 0 saturated heterocycles. The Bertz CT molecular complexity index is 950. The van der Waals surface area contributed by atoms with E-state index < -0.39 is 5.97 Å². The normalized spacial score (nSPS) is 10.9. The molecule has 1 N–H and O–H groups in total. The summed E-state index contributed by atoms with van der Waals surface area (Å²) in [6.07, 6.45) is 0. The third-order valence-electron chi connectivity index (χ3n) is 3.78. The SMILES string of the molecule is Cc1nc(-c2ccc(Cl)cc2)n(Cc2cc(Cl)ccc2Cl)c1C(=O)O. The Morgan fingerprint density at radius 2 is 1.72 bits per heavy atom. The average Bonchev–Trinajstić information content (AvgIpc) is 2.88. The maximum Gasteiger partial charge on any atom is 0.354 e. The van der Waals surface area contributed by atoms with Crippen LogP contribution in [0, 0.1) is 6.92 Å². The molecule has 0 saturated carbocycles. The lowest BCUT2D eigenvalue weighted by atomic mass is 10.2. The van der Waals surface area contributed by atoms with Crippen molar-refractivity contribution in [2.75, 3.05) is 0 Å². The molecule has 2 aromatic carbocycles. The van der Waals surface area contributed by atoms with Gasteiger partial charge in [-0.25, -0.2) is 9.78 Å². The van der Waals surface area contributed by atoms with Crippen molar-refractivity contribution >= 4 is 40.8 Å². The van der Waals surface area contributed by atoms with E-state index in [1.165, 1.54) is 0 Å². The lowest BCUT2D eigenvalue weighted by molar-refractivity contribution is 0.0685. The fourth-order valence-corrected chi connectivity index (χ4v) is 3.15. The van der Waals surface area contributed by atoms with Gasteiger partial charge in [-0.1, -0.05) is 34.8 Å². The third kappa shape index (κ3) is 3.66. The van der Waals surface area contributed by atoms with Crippen molar-refractivity contribution in [2.24, 2.45) is 0 Å². The van der Waals surface area contributed by atoms with Crippen LogP contribution < -0.4 is 0 Å². The fourth-order valence-electron chi connectivity index (χ4n) is 2.65. The van der Waals surface area contributed by atoms with Crippen LogP contribution in [0.15, 0.2) is 42.5 Å². The summed E-state index contributed by atoms with van der Waals surface area (Å²) in [5, 5.41) is 11.2. The molecule has 0 spiro atoms. The van der Waals surface area contributed by atoms with Gasteiger partial charge in [0.15, 0.2) is 5.69 Å². The molecule has 0 fully saturated rings. The predicted molar refractivity (Wildman–Crippen MR) is 99.9 cm³/mol. The van der Waals surface area contributed by atoms with E-state index in [9.17, 15) is 9.90 Å². The number of benzene rings is 2. The fraction of sp³-hybridized carbons (Fsp3) is 0.111. The highest BCUT2D eigenvalue weighted by Gasteiger charge is 2.22. The van der Waals surface area contributed by atoms with Crippen molar-refractivity contribution in [3.05, 3.63) is 74.5 Å². The molecule has 3 rings (SSSR count). The summed E-state index contributed by atoms with van der Waals surface area (Å²) in [7, 11) is 0. The van der Waals surface area contributed by atoms with Gasteiger partial charge < -0.3 is 9.67 Å². The smallest absolute Gasteiger partial charge is 0.354 e. The largest absolute Gasteiger partial charge is 0.477 e. The number of aromatic nitrogens is 2. The molecular weight excluding hydrogens is 383 g/mol. The van der Waals surface area contributed by atoms with Crippen LogP contribution in [0.25, 0.3) is 11.4 Å². The molecule has 0 aliphatic heterocycles. The molecule has 25 heavy (non-hydrogen) atoms. The molecule has 1 heterocycles. The summed E-state index contributed by atoms with van der Waals surface area (Å²) in [4.78, 5) is 16.2. The standard InChI is InChI=1S/C18H13Cl3N2O2/c1-10-16(18(24)25)23(9-12-8-14(20)6-7-15(12)21)17(22-10)11-2-4-13(19)5-3-11/h2-8H,9H2,1H3,(H,24,25). The van der Waals surface area contributed by atoms with Gasteiger partial charge in [0.25, 0.3) is 0 Å². The van der Waals surface area contributed by atoms with Crippen molar-refractivity contribution < 1.29 is 9.90 Å². The molecule has 1 aromatic heterocycles. The van der Waals surface area contributed by atoms with Crippen molar-refractivity contribution in [3.8, 4) is 11.4 Å². The van der Waals surface area contributed by atoms with Gasteiger partial charge in [0.2, 0.25) is 0 Å². The van der Waals surface area contributed by atoms with Crippen LogP contribution in [0.3, 0.4) is 0 Å². The third-order valence-corrected chi connectivity index (χ3v) is 4.64. The van der Waals surface area contributed by atoms with Crippen LogP contribution in [0.2, 0.25) is 15.1 Å². The molecule has 0 amide bonds. The molecule has 7 heteroatoms. The van der Waals surface area contributed by atoms with Crippen molar-refractivity contribution in [2.45, 2.75) is 13.5 Å². The van der Waals surface area contributed by atoms with Gasteiger partial charge in [-0.15, -0.1) is 0 Å². The zero-order valence-electron chi connectivity index (χ0n) is 13.1. The molecular formula is C18H13Cl3N2O2. The van der Waals surface area contributed by atoms with Gasteiger partial charge in [-0.2, -0.15) is 0 Å². The number of rotatable bonds is 4. The van der Waals surface area contributed by atoms with E-state index in [1.807, 2.05) is 0 Å². The first kappa shape index (κ1) is 17.8. The predicted octanol–water partition coefficient (Wildman–Crippen LogP) is 5.57.